The van der Waals surface area contributed by atoms with Crippen molar-refractivity contribution < 1.29 is 13.6 Å². The molecule has 186 valence electrons. The van der Waals surface area contributed by atoms with E-state index in [-0.39, 0.29) is 0 Å². The van der Waals surface area contributed by atoms with Gasteiger partial charge >= 0.3 is 0 Å². The van der Waals surface area contributed by atoms with Crippen LogP contribution in [0.4, 0.5) is 14.5 Å². The van der Waals surface area contributed by atoms with E-state index in [4.69, 9.17) is 23.2 Å². The van der Waals surface area contributed by atoms with Gasteiger partial charge in [-0.15, -0.1) is 0 Å². The Morgan fingerprint density at radius 1 is 1.03 bits per heavy atom. The molecule has 1 fully saturated rings. The fraction of sp³-hybridized carbons (Fsp3) is 0.346. The third kappa shape index (κ3) is 5.80. The zero-order valence-corrected chi connectivity index (χ0v) is 21.2. The second-order valence-electron chi connectivity index (χ2n) is 8.83. The summed E-state index contributed by atoms with van der Waals surface area (Å²) in [7, 11) is 1.86. The largest absolute Gasteiger partial charge is 0.368 e. The number of hydrogen-bond acceptors (Lipinski definition) is 3. The second-order valence-corrected chi connectivity index (χ2v) is 9.61. The van der Waals surface area contributed by atoms with E-state index in [1.165, 1.54) is 0 Å². The zero-order chi connectivity index (χ0) is 25.2. The van der Waals surface area contributed by atoms with Crippen LogP contribution in [0, 0.1) is 6.92 Å². The van der Waals surface area contributed by atoms with Crippen molar-refractivity contribution in [3.8, 4) is 11.3 Å². The standard InChI is InChI=1S/C26H28Cl2F2N4O/c1-18-20(15-23(32(18)2)19-7-4-3-5-8-19)25(35)31-16-26(29,30)17-33-11-13-34(14-12-33)22-10-6-9-21(27)24(22)28/h3-10,15H,11-14,16-17H2,1-2H3,(H,31,35). The number of carbonyl (C=O) groups excluding carboxylic acids is 1. The molecule has 1 aliphatic rings. The number of aromatic nitrogens is 1. The molecule has 2 aromatic carbocycles. The van der Waals surface area contributed by atoms with Crippen molar-refractivity contribution in [2.75, 3.05) is 44.2 Å². The van der Waals surface area contributed by atoms with Crippen molar-refractivity contribution in [3.05, 3.63) is 75.9 Å². The van der Waals surface area contributed by atoms with Crippen LogP contribution in [0.15, 0.2) is 54.6 Å². The zero-order valence-electron chi connectivity index (χ0n) is 19.7. The molecule has 0 radical (unpaired) electrons. The first-order valence-corrected chi connectivity index (χ1v) is 12.2. The van der Waals surface area contributed by atoms with Crippen molar-refractivity contribution in [2.45, 2.75) is 12.8 Å². The molecule has 5 nitrogen and oxygen atoms in total. The van der Waals surface area contributed by atoms with Gasteiger partial charge in [0.15, 0.2) is 0 Å². The summed E-state index contributed by atoms with van der Waals surface area (Å²) in [4.78, 5) is 16.5. The Hall–Kier alpha value is -2.61. The molecule has 0 spiro atoms. The number of benzene rings is 2. The van der Waals surface area contributed by atoms with Gasteiger partial charge in [0.2, 0.25) is 0 Å². The molecule has 1 amide bonds. The third-order valence-corrected chi connectivity index (χ3v) is 7.27. The highest BCUT2D eigenvalue weighted by molar-refractivity contribution is 6.43. The Labute approximate surface area is 214 Å². The number of alkyl halides is 2. The van der Waals surface area contributed by atoms with Gasteiger partial charge in [-0.2, -0.15) is 0 Å². The minimum atomic E-state index is -3.06. The van der Waals surface area contributed by atoms with E-state index in [1.807, 2.05) is 65.9 Å². The molecule has 0 aliphatic carbocycles. The van der Waals surface area contributed by atoms with Gasteiger partial charge < -0.3 is 14.8 Å². The lowest BCUT2D eigenvalue weighted by atomic mass is 10.1. The molecule has 0 saturated carbocycles. The van der Waals surface area contributed by atoms with Crippen LogP contribution in [0.1, 0.15) is 16.1 Å². The summed E-state index contributed by atoms with van der Waals surface area (Å²) in [5.74, 6) is -3.56. The number of nitrogens with one attached hydrogen (secondary N) is 1. The van der Waals surface area contributed by atoms with Crippen molar-refractivity contribution >= 4 is 34.8 Å². The predicted octanol–water partition coefficient (Wildman–Crippen LogP) is 5.49. The molecule has 1 aromatic heterocycles. The lowest BCUT2D eigenvalue weighted by Crippen LogP contribution is -2.52. The number of nitrogens with zero attached hydrogens (tertiary/aromatic N) is 3. The van der Waals surface area contributed by atoms with Gasteiger partial charge in [0.05, 0.1) is 34.4 Å². The monoisotopic (exact) mass is 520 g/mol. The van der Waals surface area contributed by atoms with Gasteiger partial charge in [-0.25, -0.2) is 8.78 Å². The Morgan fingerprint density at radius 2 is 1.71 bits per heavy atom. The Kier molecular flexibility index (Phi) is 7.69. The summed E-state index contributed by atoms with van der Waals surface area (Å²) in [6.07, 6.45) is 0. The number of hydrogen-bond donors (Lipinski definition) is 1. The second kappa shape index (κ2) is 10.6. The van der Waals surface area contributed by atoms with Crippen molar-refractivity contribution in [2.24, 2.45) is 7.05 Å². The first kappa shape index (κ1) is 25.5. The Morgan fingerprint density at radius 3 is 2.40 bits per heavy atom. The van der Waals surface area contributed by atoms with E-state index in [1.54, 1.807) is 17.0 Å². The molecular weight excluding hydrogens is 493 g/mol. The van der Waals surface area contributed by atoms with E-state index in [0.717, 1.165) is 22.6 Å². The maximum Gasteiger partial charge on any atom is 0.277 e. The first-order chi connectivity index (χ1) is 16.7. The van der Waals surface area contributed by atoms with E-state index >= 15 is 0 Å². The van der Waals surface area contributed by atoms with Crippen LogP contribution in [-0.2, 0) is 7.05 Å². The van der Waals surface area contributed by atoms with E-state index in [0.29, 0.717) is 41.8 Å². The van der Waals surface area contributed by atoms with Gasteiger partial charge in [-0.3, -0.25) is 9.69 Å². The molecule has 1 saturated heterocycles. The van der Waals surface area contributed by atoms with Gasteiger partial charge in [-0.05, 0) is 30.7 Å². The predicted molar refractivity (Wildman–Crippen MR) is 138 cm³/mol. The third-order valence-electron chi connectivity index (χ3n) is 6.46. The number of piperazine rings is 1. The highest BCUT2D eigenvalue weighted by atomic mass is 35.5. The molecular formula is C26H28Cl2F2N4O. The summed E-state index contributed by atoms with van der Waals surface area (Å²) in [6, 6.07) is 16.8. The maximum atomic E-state index is 14.8. The van der Waals surface area contributed by atoms with Crippen LogP contribution in [0.5, 0.6) is 0 Å². The summed E-state index contributed by atoms with van der Waals surface area (Å²) in [5, 5.41) is 3.38. The van der Waals surface area contributed by atoms with Crippen molar-refractivity contribution in [3.63, 3.8) is 0 Å². The Balaban J connectivity index is 1.32. The number of anilines is 1. The minimum Gasteiger partial charge on any atom is -0.368 e. The van der Waals surface area contributed by atoms with Crippen LogP contribution in [0.3, 0.4) is 0 Å². The molecule has 0 bridgehead atoms. The average molecular weight is 521 g/mol. The minimum absolute atomic E-state index is 0.397. The molecule has 0 unspecified atom stereocenters. The Bertz CT molecular complexity index is 1190. The van der Waals surface area contributed by atoms with Crippen molar-refractivity contribution in [1.82, 2.24) is 14.8 Å². The van der Waals surface area contributed by atoms with Gasteiger partial charge in [0.1, 0.15) is 0 Å². The first-order valence-electron chi connectivity index (χ1n) is 11.5. The summed E-state index contributed by atoms with van der Waals surface area (Å²) >= 11 is 12.4. The van der Waals surface area contributed by atoms with Crippen LogP contribution >= 0.6 is 23.2 Å². The molecule has 1 N–H and O–H groups in total. The smallest absolute Gasteiger partial charge is 0.277 e. The molecule has 9 heteroatoms. The quantitative estimate of drug-likeness (QED) is 0.447. The molecule has 4 rings (SSSR count). The van der Waals surface area contributed by atoms with Crippen LogP contribution in [0.2, 0.25) is 10.0 Å². The fourth-order valence-corrected chi connectivity index (χ4v) is 4.80. The SMILES string of the molecule is Cc1c(C(=O)NCC(F)(F)CN2CCN(c3cccc(Cl)c3Cl)CC2)cc(-c2ccccc2)n1C. The van der Waals surface area contributed by atoms with Crippen LogP contribution in [0.25, 0.3) is 11.3 Å². The summed E-state index contributed by atoms with van der Waals surface area (Å²) < 4.78 is 31.4. The lowest BCUT2D eigenvalue weighted by molar-refractivity contribution is -0.0304. The van der Waals surface area contributed by atoms with E-state index in [2.05, 4.69) is 5.32 Å². The van der Waals surface area contributed by atoms with Crippen molar-refractivity contribution in [1.29, 1.82) is 0 Å². The molecule has 2 heterocycles. The van der Waals surface area contributed by atoms with Crippen LogP contribution in [-0.4, -0.2) is 60.6 Å². The van der Waals surface area contributed by atoms with Gasteiger partial charge in [0, 0.05) is 44.6 Å². The average Bonchev–Trinajstić information content (AvgIpc) is 3.15. The molecule has 3 aromatic rings. The van der Waals surface area contributed by atoms with E-state index < -0.39 is 24.9 Å². The topological polar surface area (TPSA) is 40.5 Å². The summed E-state index contributed by atoms with van der Waals surface area (Å²) in [5.41, 5.74) is 3.75. The highest BCUT2D eigenvalue weighted by Crippen LogP contribution is 2.33. The molecule has 1 aliphatic heterocycles. The number of amides is 1. The maximum absolute atomic E-state index is 14.8. The van der Waals surface area contributed by atoms with Crippen LogP contribution < -0.4 is 10.2 Å². The molecule has 0 atom stereocenters. The fourth-order valence-electron chi connectivity index (χ4n) is 4.39. The number of carbonyl (C=O) groups is 1. The lowest BCUT2D eigenvalue weighted by Gasteiger charge is -2.37. The number of halogens is 4. The normalized spacial score (nSPS) is 14.9. The highest BCUT2D eigenvalue weighted by Gasteiger charge is 2.34. The molecule has 35 heavy (non-hydrogen) atoms. The van der Waals surface area contributed by atoms with Gasteiger partial charge in [0.25, 0.3) is 11.8 Å². The number of rotatable bonds is 7. The van der Waals surface area contributed by atoms with Gasteiger partial charge in [-0.1, -0.05) is 59.6 Å². The van der Waals surface area contributed by atoms with E-state index in [9.17, 15) is 13.6 Å². The summed E-state index contributed by atoms with van der Waals surface area (Å²) in [6.45, 7) is 2.72.